The Morgan fingerprint density at radius 2 is 2.21 bits per heavy atom. The van der Waals surface area contributed by atoms with Crippen LogP contribution in [0.25, 0.3) is 0 Å². The smallest absolute Gasteiger partial charge is 0.189 e. The normalized spacial score (nSPS) is 10.1. The third-order valence-electron chi connectivity index (χ3n) is 1.67. The van der Waals surface area contributed by atoms with Gasteiger partial charge in [-0.2, -0.15) is 0 Å². The first kappa shape index (κ1) is 9.36. The molecule has 3 nitrogen and oxygen atoms in total. The first-order chi connectivity index (χ1) is 6.75. The number of nitrogens with one attached hydrogen (secondary N) is 1. The van der Waals surface area contributed by atoms with E-state index in [1.54, 1.807) is 11.3 Å². The van der Waals surface area contributed by atoms with Gasteiger partial charge in [-0.15, -0.1) is 11.3 Å². The highest BCUT2D eigenvalue weighted by molar-refractivity contribution is 7.80. The molecular weight excluding hydrogens is 214 g/mol. The minimum Gasteiger partial charge on any atom is -0.308 e. The van der Waals surface area contributed by atoms with Gasteiger partial charge in [-0.25, -0.2) is 4.98 Å². The first-order valence-electron chi connectivity index (χ1n) is 4.12. The van der Waals surface area contributed by atoms with Crippen LogP contribution in [-0.2, 0) is 0 Å². The Hall–Kier alpha value is -1.20. The van der Waals surface area contributed by atoms with Gasteiger partial charge in [0.25, 0.3) is 0 Å². The van der Waals surface area contributed by atoms with Gasteiger partial charge in [0.2, 0.25) is 0 Å². The molecule has 0 fully saturated rings. The first-order valence-corrected chi connectivity index (χ1v) is 5.41. The summed E-state index contributed by atoms with van der Waals surface area (Å²) in [5.41, 5.74) is 1.01. The zero-order valence-electron chi connectivity index (χ0n) is 7.60. The number of hydrogen-bond acceptors (Lipinski definition) is 3. The van der Waals surface area contributed by atoms with Gasteiger partial charge in [0.05, 0.1) is 5.69 Å². The van der Waals surface area contributed by atoms with Gasteiger partial charge in [0.1, 0.15) is 0 Å². The van der Waals surface area contributed by atoms with Crippen LogP contribution in [0.15, 0.2) is 29.9 Å². The molecule has 0 unspecified atom stereocenters. The fourth-order valence-corrected chi connectivity index (χ4v) is 2.01. The fourth-order valence-electron chi connectivity index (χ4n) is 1.04. The number of nitrogens with zero attached hydrogens (tertiary/aromatic N) is 2. The van der Waals surface area contributed by atoms with E-state index >= 15 is 0 Å². The lowest BCUT2D eigenvalue weighted by Crippen LogP contribution is -2.16. The van der Waals surface area contributed by atoms with Crippen LogP contribution in [0.4, 0.5) is 5.13 Å². The number of anilines is 1. The molecule has 0 bridgehead atoms. The molecule has 0 saturated carbocycles. The SMILES string of the molecule is Cc1csc(NC(=S)n2cccc2)n1. The molecular formula is C9H9N3S2. The zero-order chi connectivity index (χ0) is 9.97. The molecule has 0 atom stereocenters. The van der Waals surface area contributed by atoms with Crippen molar-refractivity contribution in [1.82, 2.24) is 9.55 Å². The van der Waals surface area contributed by atoms with Crippen LogP contribution >= 0.6 is 23.6 Å². The standard InChI is InChI=1S/C9H9N3S2/c1-7-6-14-8(10-7)11-9(13)12-4-2-3-5-12/h2-6H,1H3,(H,10,11,13). The summed E-state index contributed by atoms with van der Waals surface area (Å²) in [6.07, 6.45) is 3.80. The molecule has 2 aromatic heterocycles. The summed E-state index contributed by atoms with van der Waals surface area (Å²) in [7, 11) is 0. The molecule has 0 aliphatic rings. The monoisotopic (exact) mass is 223 g/mol. The molecule has 2 heterocycles. The lowest BCUT2D eigenvalue weighted by Gasteiger charge is -2.04. The third-order valence-corrected chi connectivity index (χ3v) is 2.86. The molecule has 14 heavy (non-hydrogen) atoms. The topological polar surface area (TPSA) is 29.9 Å². The molecule has 0 saturated heterocycles. The van der Waals surface area contributed by atoms with E-state index in [1.165, 1.54) is 0 Å². The van der Waals surface area contributed by atoms with E-state index in [4.69, 9.17) is 12.2 Å². The van der Waals surface area contributed by atoms with E-state index in [0.29, 0.717) is 5.11 Å². The molecule has 0 aliphatic carbocycles. The van der Waals surface area contributed by atoms with Crippen molar-refractivity contribution < 1.29 is 0 Å². The van der Waals surface area contributed by atoms with Gasteiger partial charge in [0.15, 0.2) is 10.2 Å². The largest absolute Gasteiger partial charge is 0.308 e. The van der Waals surface area contributed by atoms with Gasteiger partial charge in [0, 0.05) is 17.8 Å². The maximum Gasteiger partial charge on any atom is 0.189 e. The predicted molar refractivity (Wildman–Crippen MR) is 62.9 cm³/mol. The van der Waals surface area contributed by atoms with E-state index in [2.05, 4.69) is 10.3 Å². The number of aromatic nitrogens is 2. The number of hydrogen-bond donors (Lipinski definition) is 1. The quantitative estimate of drug-likeness (QED) is 0.753. The molecule has 2 aromatic rings. The molecule has 0 spiro atoms. The van der Waals surface area contributed by atoms with Crippen molar-refractivity contribution in [1.29, 1.82) is 0 Å². The molecule has 72 valence electrons. The summed E-state index contributed by atoms with van der Waals surface area (Å²) in [5.74, 6) is 0. The Bertz CT molecular complexity index is 431. The molecule has 1 N–H and O–H groups in total. The molecule has 0 aliphatic heterocycles. The molecule has 0 radical (unpaired) electrons. The van der Waals surface area contributed by atoms with Gasteiger partial charge >= 0.3 is 0 Å². The van der Waals surface area contributed by atoms with Gasteiger partial charge < -0.3 is 9.88 Å². The third kappa shape index (κ3) is 2.00. The van der Waals surface area contributed by atoms with Crippen molar-refractivity contribution in [3.05, 3.63) is 35.6 Å². The van der Waals surface area contributed by atoms with Crippen LogP contribution in [0, 0.1) is 6.92 Å². The van der Waals surface area contributed by atoms with Crippen molar-refractivity contribution in [2.75, 3.05) is 5.32 Å². The lowest BCUT2D eigenvalue weighted by atomic mass is 10.6. The second-order valence-electron chi connectivity index (χ2n) is 2.81. The minimum atomic E-state index is 0.643. The van der Waals surface area contributed by atoms with Gasteiger partial charge in [-0.05, 0) is 31.3 Å². The molecule has 0 aromatic carbocycles. The minimum absolute atomic E-state index is 0.643. The van der Waals surface area contributed by atoms with Crippen LogP contribution in [0.2, 0.25) is 0 Å². The fraction of sp³-hybridized carbons (Fsp3) is 0.111. The van der Waals surface area contributed by atoms with E-state index < -0.39 is 0 Å². The van der Waals surface area contributed by atoms with Crippen molar-refractivity contribution in [3.8, 4) is 0 Å². The molecule has 2 rings (SSSR count). The summed E-state index contributed by atoms with van der Waals surface area (Å²) in [6, 6.07) is 3.86. The Balaban J connectivity index is 2.09. The second-order valence-corrected chi connectivity index (χ2v) is 4.06. The molecule has 5 heteroatoms. The highest BCUT2D eigenvalue weighted by atomic mass is 32.1. The van der Waals surface area contributed by atoms with Crippen LogP contribution in [-0.4, -0.2) is 14.7 Å². The highest BCUT2D eigenvalue weighted by Crippen LogP contribution is 2.14. The van der Waals surface area contributed by atoms with E-state index in [1.807, 2.05) is 41.4 Å². The number of thiazole rings is 1. The maximum absolute atomic E-state index is 5.18. The van der Waals surface area contributed by atoms with E-state index in [0.717, 1.165) is 10.8 Å². The zero-order valence-corrected chi connectivity index (χ0v) is 9.23. The lowest BCUT2D eigenvalue weighted by molar-refractivity contribution is 1.17. The van der Waals surface area contributed by atoms with Crippen LogP contribution < -0.4 is 5.32 Å². The van der Waals surface area contributed by atoms with Crippen LogP contribution in [0.1, 0.15) is 5.69 Å². The van der Waals surface area contributed by atoms with Crippen molar-refractivity contribution >= 4 is 33.8 Å². The van der Waals surface area contributed by atoms with E-state index in [-0.39, 0.29) is 0 Å². The Kier molecular flexibility index (Phi) is 2.60. The number of thiocarbonyl (C=S) groups is 1. The second kappa shape index (κ2) is 3.89. The summed E-state index contributed by atoms with van der Waals surface area (Å²) < 4.78 is 1.84. The summed E-state index contributed by atoms with van der Waals surface area (Å²) in [6.45, 7) is 1.96. The highest BCUT2D eigenvalue weighted by Gasteiger charge is 2.01. The van der Waals surface area contributed by atoms with Crippen molar-refractivity contribution in [2.24, 2.45) is 0 Å². The Labute approximate surface area is 91.4 Å². The van der Waals surface area contributed by atoms with Crippen molar-refractivity contribution in [3.63, 3.8) is 0 Å². The molecule has 0 amide bonds. The summed E-state index contributed by atoms with van der Waals surface area (Å²) >= 11 is 6.74. The van der Waals surface area contributed by atoms with Gasteiger partial charge in [-0.3, -0.25) is 0 Å². The van der Waals surface area contributed by atoms with E-state index in [9.17, 15) is 0 Å². The van der Waals surface area contributed by atoms with Crippen LogP contribution in [0.3, 0.4) is 0 Å². The number of rotatable bonds is 1. The summed E-state index contributed by atoms with van der Waals surface area (Å²) in [4.78, 5) is 4.27. The maximum atomic E-state index is 5.18. The predicted octanol–water partition coefficient (Wildman–Crippen LogP) is 2.50. The average Bonchev–Trinajstić information content (AvgIpc) is 2.75. The Morgan fingerprint density at radius 1 is 1.50 bits per heavy atom. The Morgan fingerprint density at radius 3 is 2.79 bits per heavy atom. The summed E-state index contributed by atoms with van der Waals surface area (Å²) in [5, 5.41) is 6.53. The average molecular weight is 223 g/mol. The van der Waals surface area contributed by atoms with Crippen molar-refractivity contribution in [2.45, 2.75) is 6.92 Å². The number of aryl methyl sites for hydroxylation is 1. The van der Waals surface area contributed by atoms with Crippen LogP contribution in [0.5, 0.6) is 0 Å². The van der Waals surface area contributed by atoms with Gasteiger partial charge in [-0.1, -0.05) is 0 Å².